The van der Waals surface area contributed by atoms with Crippen molar-refractivity contribution in [2.24, 2.45) is 0 Å². The number of benzene rings is 1. The zero-order valence-corrected chi connectivity index (χ0v) is 11.6. The maximum absolute atomic E-state index is 11.6. The summed E-state index contributed by atoms with van der Waals surface area (Å²) in [4.78, 5) is 22.0. The summed E-state index contributed by atoms with van der Waals surface area (Å²) in [7, 11) is -3.14. The molecule has 3 N–H and O–H groups in total. The number of carbonyl (C=O) groups is 2. The molecule has 110 valence electrons. The van der Waals surface area contributed by atoms with E-state index in [1.54, 1.807) is 0 Å². The molecule has 20 heavy (non-hydrogen) atoms. The van der Waals surface area contributed by atoms with Crippen molar-refractivity contribution in [3.05, 3.63) is 35.4 Å². The number of aliphatic hydroxyl groups is 1. The first kappa shape index (κ1) is 16.1. The van der Waals surface area contributed by atoms with Crippen molar-refractivity contribution in [1.82, 2.24) is 5.32 Å². The second kappa shape index (κ2) is 6.49. The van der Waals surface area contributed by atoms with Gasteiger partial charge in [0.1, 0.15) is 0 Å². The molecule has 0 fully saturated rings. The normalized spacial score (nSPS) is 12.7. The van der Waals surface area contributed by atoms with E-state index in [4.69, 9.17) is 10.2 Å². The fourth-order valence-corrected chi connectivity index (χ4v) is 2.23. The minimum absolute atomic E-state index is 0.118. The summed E-state index contributed by atoms with van der Waals surface area (Å²) in [5.74, 6) is -2.09. The molecule has 0 unspecified atom stereocenters. The molecule has 0 bridgehead atoms. The lowest BCUT2D eigenvalue weighted by Gasteiger charge is -2.08. The lowest BCUT2D eigenvalue weighted by Crippen LogP contribution is -2.36. The van der Waals surface area contributed by atoms with Gasteiger partial charge in [0.15, 0.2) is 15.9 Å². The maximum atomic E-state index is 11.6. The molecular weight excluding hydrogens is 286 g/mol. The molecule has 0 aromatic heterocycles. The van der Waals surface area contributed by atoms with Crippen LogP contribution in [0.2, 0.25) is 0 Å². The van der Waals surface area contributed by atoms with Gasteiger partial charge in [0.25, 0.3) is 5.91 Å². The van der Waals surface area contributed by atoms with Gasteiger partial charge in [-0.2, -0.15) is 0 Å². The number of hydrogen-bond donors (Lipinski definition) is 3. The Labute approximate surface area is 116 Å². The highest BCUT2D eigenvalue weighted by molar-refractivity contribution is 7.89. The Balaban J connectivity index is 2.64. The molecule has 8 heteroatoms. The van der Waals surface area contributed by atoms with Gasteiger partial charge < -0.3 is 15.5 Å². The molecule has 0 aliphatic rings. The number of carboxylic acids is 1. The summed E-state index contributed by atoms with van der Waals surface area (Å²) >= 11 is 0. The Kier molecular flexibility index (Phi) is 5.23. The van der Waals surface area contributed by atoms with Gasteiger partial charge in [0, 0.05) is 11.8 Å². The van der Waals surface area contributed by atoms with Gasteiger partial charge in [-0.3, -0.25) is 4.79 Å². The standard InChI is InChI=1S/C12H15NO6S/c1-20(18,19)7-8-2-4-9(5-3-8)11(15)13-6-10(14)12(16)17/h2-5,10,14H,6-7H2,1H3,(H,13,15)(H,16,17)/t10-/m0/s1. The first-order valence-electron chi connectivity index (χ1n) is 5.65. The minimum Gasteiger partial charge on any atom is -0.479 e. The van der Waals surface area contributed by atoms with Crippen LogP contribution in [0.1, 0.15) is 15.9 Å². The van der Waals surface area contributed by atoms with Gasteiger partial charge in [-0.25, -0.2) is 13.2 Å². The Morgan fingerprint density at radius 1 is 1.25 bits per heavy atom. The summed E-state index contributed by atoms with van der Waals surface area (Å²) < 4.78 is 22.2. The Bertz CT molecular complexity index is 593. The lowest BCUT2D eigenvalue weighted by molar-refractivity contribution is -0.146. The average Bonchev–Trinajstić information content (AvgIpc) is 2.34. The highest BCUT2D eigenvalue weighted by atomic mass is 32.2. The molecule has 7 nitrogen and oxygen atoms in total. The van der Waals surface area contributed by atoms with E-state index in [0.717, 1.165) is 6.26 Å². The van der Waals surface area contributed by atoms with E-state index in [9.17, 15) is 18.0 Å². The van der Waals surface area contributed by atoms with Crippen molar-refractivity contribution < 1.29 is 28.2 Å². The summed E-state index contributed by atoms with van der Waals surface area (Å²) in [6, 6.07) is 5.87. The van der Waals surface area contributed by atoms with E-state index in [1.807, 2.05) is 0 Å². The zero-order chi connectivity index (χ0) is 15.3. The topological polar surface area (TPSA) is 121 Å². The number of sulfone groups is 1. The van der Waals surface area contributed by atoms with Crippen LogP contribution >= 0.6 is 0 Å². The monoisotopic (exact) mass is 301 g/mol. The van der Waals surface area contributed by atoms with Crippen LogP contribution in [-0.4, -0.2) is 49.4 Å². The van der Waals surface area contributed by atoms with Crippen molar-refractivity contribution in [3.63, 3.8) is 0 Å². The third kappa shape index (κ3) is 5.37. The third-order valence-electron chi connectivity index (χ3n) is 2.39. The van der Waals surface area contributed by atoms with Crippen molar-refractivity contribution in [2.45, 2.75) is 11.9 Å². The van der Waals surface area contributed by atoms with E-state index in [2.05, 4.69) is 5.32 Å². The van der Waals surface area contributed by atoms with Crippen LogP contribution < -0.4 is 5.32 Å². The molecule has 0 heterocycles. The largest absolute Gasteiger partial charge is 0.479 e. The Morgan fingerprint density at radius 3 is 2.25 bits per heavy atom. The maximum Gasteiger partial charge on any atom is 0.334 e. The first-order valence-corrected chi connectivity index (χ1v) is 7.71. The van der Waals surface area contributed by atoms with Crippen molar-refractivity contribution in [1.29, 1.82) is 0 Å². The summed E-state index contributed by atoms with van der Waals surface area (Å²) in [5.41, 5.74) is 0.800. The van der Waals surface area contributed by atoms with E-state index in [1.165, 1.54) is 24.3 Å². The number of nitrogens with one attached hydrogen (secondary N) is 1. The van der Waals surface area contributed by atoms with E-state index >= 15 is 0 Å². The summed E-state index contributed by atoms with van der Waals surface area (Å²) in [5, 5.41) is 19.7. The SMILES string of the molecule is CS(=O)(=O)Cc1ccc(C(=O)NC[C@H](O)C(=O)O)cc1. The first-order chi connectivity index (χ1) is 9.19. The molecule has 1 amide bonds. The molecule has 1 aromatic rings. The quantitative estimate of drug-likeness (QED) is 0.645. The molecule has 0 saturated carbocycles. The Hall–Kier alpha value is -1.93. The van der Waals surface area contributed by atoms with Crippen molar-refractivity contribution in [2.75, 3.05) is 12.8 Å². The van der Waals surface area contributed by atoms with E-state index < -0.39 is 34.4 Å². The molecule has 0 radical (unpaired) electrons. The third-order valence-corrected chi connectivity index (χ3v) is 3.24. The molecule has 0 spiro atoms. The van der Waals surface area contributed by atoms with Crippen molar-refractivity contribution in [3.8, 4) is 0 Å². The van der Waals surface area contributed by atoms with Crippen LogP contribution in [0.15, 0.2) is 24.3 Å². The summed E-state index contributed by atoms with van der Waals surface area (Å²) in [6.07, 6.45) is -0.551. The minimum atomic E-state index is -3.14. The second-order valence-electron chi connectivity index (χ2n) is 4.33. The molecule has 0 saturated heterocycles. The molecule has 1 aromatic carbocycles. The number of carboxylic acid groups (broad SMARTS) is 1. The van der Waals surface area contributed by atoms with Crippen LogP contribution in [-0.2, 0) is 20.4 Å². The molecule has 0 aliphatic heterocycles. The van der Waals surface area contributed by atoms with Crippen LogP contribution in [0.4, 0.5) is 0 Å². The number of rotatable bonds is 6. The Morgan fingerprint density at radius 2 is 1.80 bits per heavy atom. The van der Waals surface area contributed by atoms with Gasteiger partial charge >= 0.3 is 5.97 Å². The van der Waals surface area contributed by atoms with Gasteiger partial charge in [0.05, 0.1) is 12.3 Å². The number of carbonyl (C=O) groups excluding carboxylic acids is 1. The lowest BCUT2D eigenvalue weighted by atomic mass is 10.1. The van der Waals surface area contributed by atoms with Crippen LogP contribution in [0.3, 0.4) is 0 Å². The van der Waals surface area contributed by atoms with Gasteiger partial charge in [-0.15, -0.1) is 0 Å². The molecule has 1 rings (SSSR count). The predicted octanol–water partition coefficient (Wildman–Crippen LogP) is -0.593. The smallest absolute Gasteiger partial charge is 0.334 e. The van der Waals surface area contributed by atoms with E-state index in [0.29, 0.717) is 5.56 Å². The van der Waals surface area contributed by atoms with Crippen LogP contribution in [0.5, 0.6) is 0 Å². The molecule has 1 atom stereocenters. The number of aliphatic hydroxyl groups excluding tert-OH is 1. The number of hydrogen-bond acceptors (Lipinski definition) is 5. The number of aliphatic carboxylic acids is 1. The van der Waals surface area contributed by atoms with Gasteiger partial charge in [0.2, 0.25) is 0 Å². The fraction of sp³-hybridized carbons (Fsp3) is 0.333. The van der Waals surface area contributed by atoms with Crippen LogP contribution in [0.25, 0.3) is 0 Å². The van der Waals surface area contributed by atoms with Gasteiger partial charge in [-0.05, 0) is 17.7 Å². The highest BCUT2D eigenvalue weighted by Gasteiger charge is 2.15. The van der Waals surface area contributed by atoms with E-state index in [-0.39, 0.29) is 11.3 Å². The zero-order valence-electron chi connectivity index (χ0n) is 10.7. The fourth-order valence-electron chi connectivity index (χ4n) is 1.43. The predicted molar refractivity (Wildman–Crippen MR) is 71.0 cm³/mol. The van der Waals surface area contributed by atoms with Crippen LogP contribution in [0, 0.1) is 0 Å². The highest BCUT2D eigenvalue weighted by Crippen LogP contribution is 2.07. The molecular formula is C12H15NO6S. The van der Waals surface area contributed by atoms with Gasteiger partial charge in [-0.1, -0.05) is 12.1 Å². The molecule has 0 aliphatic carbocycles. The summed E-state index contributed by atoms with van der Waals surface area (Å²) in [6.45, 7) is -0.404. The van der Waals surface area contributed by atoms with Crippen molar-refractivity contribution >= 4 is 21.7 Å². The second-order valence-corrected chi connectivity index (χ2v) is 6.47. The average molecular weight is 301 g/mol. The number of amides is 1.